The average Bonchev–Trinajstić information content (AvgIpc) is 2.88. The van der Waals surface area contributed by atoms with Crippen LogP contribution >= 0.6 is 0 Å². The summed E-state index contributed by atoms with van der Waals surface area (Å²) in [6.07, 6.45) is 3.11. The highest BCUT2D eigenvalue weighted by atomic mass is 19.1. The molecule has 35 heavy (non-hydrogen) atoms. The van der Waals surface area contributed by atoms with Crippen LogP contribution in [0.15, 0.2) is 78.4 Å². The van der Waals surface area contributed by atoms with Gasteiger partial charge in [-0.2, -0.15) is 5.10 Å². The summed E-state index contributed by atoms with van der Waals surface area (Å²) in [6, 6.07) is 16.4. The molecule has 3 aromatic carbocycles. The van der Waals surface area contributed by atoms with Crippen LogP contribution in [0.3, 0.4) is 0 Å². The lowest BCUT2D eigenvalue weighted by atomic mass is 10.2. The highest BCUT2D eigenvalue weighted by molar-refractivity contribution is 5.95. The van der Waals surface area contributed by atoms with Crippen LogP contribution in [0.2, 0.25) is 0 Å². The van der Waals surface area contributed by atoms with Gasteiger partial charge in [0.2, 0.25) is 0 Å². The highest BCUT2D eigenvalue weighted by Gasteiger charge is 2.12. The van der Waals surface area contributed by atoms with Gasteiger partial charge in [-0.15, -0.1) is 0 Å². The van der Waals surface area contributed by atoms with E-state index in [1.807, 2.05) is 6.92 Å². The number of carbonyl (C=O) groups excluding carboxylic acids is 1. The summed E-state index contributed by atoms with van der Waals surface area (Å²) in [7, 11) is 1.51. The Bertz CT molecular complexity index is 1200. The number of halogens is 1. The fraction of sp³-hybridized carbons (Fsp3) is 0.185. The Kier molecular flexibility index (Phi) is 9.24. The minimum atomic E-state index is -0.408. The summed E-state index contributed by atoms with van der Waals surface area (Å²) in [4.78, 5) is 12.5. The lowest BCUT2D eigenvalue weighted by molar-refractivity contribution is 0.0954. The number of hydrazone groups is 1. The van der Waals surface area contributed by atoms with E-state index < -0.39 is 5.91 Å². The van der Waals surface area contributed by atoms with Gasteiger partial charge in [0.25, 0.3) is 5.91 Å². The molecule has 0 heterocycles. The minimum absolute atomic E-state index is 0.0632. The molecule has 3 rings (SSSR count). The Labute approximate surface area is 203 Å². The van der Waals surface area contributed by atoms with Gasteiger partial charge in [-0.3, -0.25) is 4.79 Å². The van der Waals surface area contributed by atoms with Gasteiger partial charge in [-0.05, 0) is 55.0 Å². The van der Waals surface area contributed by atoms with E-state index in [1.165, 1.54) is 19.4 Å². The second-order valence-electron chi connectivity index (χ2n) is 7.18. The van der Waals surface area contributed by atoms with Crippen LogP contribution in [0.4, 0.5) is 4.39 Å². The van der Waals surface area contributed by atoms with Crippen molar-refractivity contribution in [1.82, 2.24) is 5.43 Å². The minimum Gasteiger partial charge on any atom is -0.493 e. The molecule has 0 aliphatic rings. The van der Waals surface area contributed by atoms with Gasteiger partial charge >= 0.3 is 0 Å². The third-order valence-corrected chi connectivity index (χ3v) is 4.77. The number of nitrogens with zero attached hydrogens (tertiary/aromatic N) is 1. The number of rotatable bonds is 12. The van der Waals surface area contributed by atoms with Gasteiger partial charge in [-0.1, -0.05) is 30.9 Å². The van der Waals surface area contributed by atoms with E-state index in [0.717, 1.165) is 0 Å². The highest BCUT2D eigenvalue weighted by Crippen LogP contribution is 2.29. The lowest BCUT2D eigenvalue weighted by Gasteiger charge is -2.12. The second kappa shape index (κ2) is 12.8. The third-order valence-electron chi connectivity index (χ3n) is 4.77. The molecule has 7 nitrogen and oxygen atoms in total. The zero-order valence-electron chi connectivity index (χ0n) is 19.6. The normalized spacial score (nSPS) is 10.6. The fourth-order valence-corrected chi connectivity index (χ4v) is 3.07. The number of carbonyl (C=O) groups is 1. The van der Waals surface area contributed by atoms with Crippen LogP contribution in [-0.4, -0.2) is 32.4 Å². The molecule has 0 radical (unpaired) electrons. The molecule has 0 fully saturated rings. The first-order valence-corrected chi connectivity index (χ1v) is 10.9. The summed E-state index contributed by atoms with van der Waals surface area (Å²) in [5.41, 5.74) is 3.97. The Morgan fingerprint density at radius 1 is 1.00 bits per heavy atom. The van der Waals surface area contributed by atoms with Crippen molar-refractivity contribution in [3.8, 4) is 23.0 Å². The molecule has 0 aromatic heterocycles. The third kappa shape index (κ3) is 7.07. The molecule has 0 unspecified atom stereocenters. The van der Waals surface area contributed by atoms with Crippen molar-refractivity contribution in [2.75, 3.05) is 20.3 Å². The van der Waals surface area contributed by atoms with Crippen molar-refractivity contribution in [2.45, 2.75) is 13.5 Å². The molecule has 0 atom stereocenters. The van der Waals surface area contributed by atoms with Gasteiger partial charge in [0, 0.05) is 11.1 Å². The van der Waals surface area contributed by atoms with Crippen LogP contribution in [-0.2, 0) is 6.61 Å². The number of amides is 1. The maximum absolute atomic E-state index is 13.8. The number of benzene rings is 3. The topological polar surface area (TPSA) is 78.4 Å². The molecule has 0 saturated carbocycles. The standard InChI is InChI=1S/C27H27FN2O5/c1-4-14-34-24-13-11-20(16-26(24)33-5-2)27(31)30-29-17-19-10-12-23(25(15-19)32-3)35-18-21-8-6-7-9-22(21)28/h4,6-13,15-17H,1,5,14,18H2,2-3H3,(H,30,31)/b29-17+. The Balaban J connectivity index is 1.64. The molecule has 1 N–H and O–H groups in total. The maximum atomic E-state index is 13.8. The van der Waals surface area contributed by atoms with Crippen LogP contribution < -0.4 is 24.4 Å². The number of nitrogens with one attached hydrogen (secondary N) is 1. The molecular weight excluding hydrogens is 451 g/mol. The summed E-state index contributed by atoms with van der Waals surface area (Å²) in [6.45, 7) is 6.28. The van der Waals surface area contributed by atoms with E-state index in [9.17, 15) is 9.18 Å². The van der Waals surface area contributed by atoms with Crippen molar-refractivity contribution >= 4 is 12.1 Å². The SMILES string of the molecule is C=CCOc1ccc(C(=O)N/N=C/c2ccc(OCc3ccccc3F)c(OC)c2)cc1OCC. The first kappa shape index (κ1) is 25.3. The zero-order valence-corrected chi connectivity index (χ0v) is 19.6. The van der Waals surface area contributed by atoms with E-state index in [0.29, 0.717) is 52.9 Å². The predicted octanol–water partition coefficient (Wildman–Crippen LogP) is 5.14. The number of ether oxygens (including phenoxy) is 4. The molecule has 0 spiro atoms. The average molecular weight is 479 g/mol. The molecule has 0 aliphatic heterocycles. The molecule has 182 valence electrons. The summed E-state index contributed by atoms with van der Waals surface area (Å²) < 4.78 is 36.0. The van der Waals surface area contributed by atoms with E-state index in [4.69, 9.17) is 18.9 Å². The number of hydrogen-bond donors (Lipinski definition) is 1. The van der Waals surface area contributed by atoms with Gasteiger partial charge in [0.15, 0.2) is 23.0 Å². The molecular formula is C27H27FN2O5. The zero-order chi connectivity index (χ0) is 25.0. The van der Waals surface area contributed by atoms with E-state index >= 15 is 0 Å². The maximum Gasteiger partial charge on any atom is 0.271 e. The van der Waals surface area contributed by atoms with Gasteiger partial charge < -0.3 is 18.9 Å². The van der Waals surface area contributed by atoms with E-state index in [2.05, 4.69) is 17.1 Å². The smallest absolute Gasteiger partial charge is 0.271 e. The molecule has 3 aromatic rings. The van der Waals surface area contributed by atoms with Crippen LogP contribution in [0.25, 0.3) is 0 Å². The van der Waals surface area contributed by atoms with Crippen molar-refractivity contribution < 1.29 is 28.1 Å². The van der Waals surface area contributed by atoms with Gasteiger partial charge in [0.05, 0.1) is 19.9 Å². The lowest BCUT2D eigenvalue weighted by Crippen LogP contribution is -2.17. The predicted molar refractivity (Wildman–Crippen MR) is 132 cm³/mol. The largest absolute Gasteiger partial charge is 0.493 e. The van der Waals surface area contributed by atoms with Gasteiger partial charge in [0.1, 0.15) is 19.0 Å². The van der Waals surface area contributed by atoms with Crippen LogP contribution in [0, 0.1) is 5.82 Å². The molecule has 1 amide bonds. The van der Waals surface area contributed by atoms with Gasteiger partial charge in [-0.25, -0.2) is 9.82 Å². The summed E-state index contributed by atoms with van der Waals surface area (Å²) >= 11 is 0. The van der Waals surface area contributed by atoms with E-state index in [-0.39, 0.29) is 12.4 Å². The quantitative estimate of drug-likeness (QED) is 0.222. The molecule has 8 heteroatoms. The first-order valence-electron chi connectivity index (χ1n) is 10.9. The van der Waals surface area contributed by atoms with Crippen molar-refractivity contribution in [3.05, 3.63) is 95.8 Å². The van der Waals surface area contributed by atoms with Crippen LogP contribution in [0.1, 0.15) is 28.4 Å². The van der Waals surface area contributed by atoms with Crippen molar-refractivity contribution in [2.24, 2.45) is 5.10 Å². The summed E-state index contributed by atoms with van der Waals surface area (Å²) in [5, 5.41) is 4.02. The first-order chi connectivity index (χ1) is 17.0. The monoisotopic (exact) mass is 478 g/mol. The number of methoxy groups -OCH3 is 1. The van der Waals surface area contributed by atoms with E-state index in [1.54, 1.807) is 60.7 Å². The van der Waals surface area contributed by atoms with Crippen molar-refractivity contribution in [3.63, 3.8) is 0 Å². The Morgan fingerprint density at radius 3 is 2.51 bits per heavy atom. The molecule has 0 bridgehead atoms. The van der Waals surface area contributed by atoms with Crippen molar-refractivity contribution in [1.29, 1.82) is 0 Å². The Morgan fingerprint density at radius 2 is 1.77 bits per heavy atom. The number of hydrogen-bond acceptors (Lipinski definition) is 6. The van der Waals surface area contributed by atoms with Crippen LogP contribution in [0.5, 0.6) is 23.0 Å². The summed E-state index contributed by atoms with van der Waals surface area (Å²) in [5.74, 6) is 1.15. The Hall–Kier alpha value is -4.33. The fourth-order valence-electron chi connectivity index (χ4n) is 3.07. The molecule has 0 aliphatic carbocycles. The second-order valence-corrected chi connectivity index (χ2v) is 7.18. The molecule has 0 saturated heterocycles.